The number of aromatic nitrogens is 2. The summed E-state index contributed by atoms with van der Waals surface area (Å²) in [5.41, 5.74) is 8.16. The van der Waals surface area contributed by atoms with Crippen molar-refractivity contribution in [2.45, 2.75) is 26.2 Å². The smallest absolute Gasteiger partial charge is 0.276 e. The van der Waals surface area contributed by atoms with Crippen LogP contribution in [0.4, 0.5) is 5.00 Å². The Morgan fingerprint density at radius 3 is 2.81 bits per heavy atom. The van der Waals surface area contributed by atoms with Crippen LogP contribution in [0.2, 0.25) is 0 Å². The van der Waals surface area contributed by atoms with Crippen molar-refractivity contribution in [3.05, 3.63) is 33.5 Å². The van der Waals surface area contributed by atoms with Crippen LogP contribution >= 0.6 is 11.3 Å². The summed E-state index contributed by atoms with van der Waals surface area (Å²) in [6, 6.07) is 1.71. The van der Waals surface area contributed by atoms with Crippen molar-refractivity contribution in [1.82, 2.24) is 9.78 Å². The number of hydrogen-bond donors (Lipinski definition) is 2. The molecule has 7 heteroatoms. The number of nitrogens with zero attached hydrogens (tertiary/aromatic N) is 2. The Kier molecular flexibility index (Phi) is 3.29. The quantitative estimate of drug-likeness (QED) is 0.903. The molecule has 0 saturated carbocycles. The predicted molar refractivity (Wildman–Crippen MR) is 80.8 cm³/mol. The molecule has 0 saturated heterocycles. The predicted octanol–water partition coefficient (Wildman–Crippen LogP) is 1.63. The van der Waals surface area contributed by atoms with Gasteiger partial charge in [-0.25, -0.2) is 0 Å². The van der Waals surface area contributed by atoms with Crippen molar-refractivity contribution in [2.75, 3.05) is 5.32 Å². The average molecular weight is 304 g/mol. The number of nitrogens with one attached hydrogen (secondary N) is 1. The number of carbonyl (C=O) groups is 2. The third-order valence-corrected chi connectivity index (χ3v) is 4.95. The molecule has 0 unspecified atom stereocenters. The molecule has 0 bridgehead atoms. The molecule has 3 rings (SSSR count). The summed E-state index contributed by atoms with van der Waals surface area (Å²) in [7, 11) is 1.78. The molecule has 0 spiro atoms. The van der Waals surface area contributed by atoms with Crippen LogP contribution in [0.25, 0.3) is 0 Å². The van der Waals surface area contributed by atoms with Crippen molar-refractivity contribution in [3.63, 3.8) is 0 Å². The molecular weight excluding hydrogens is 288 g/mol. The number of thiophene rings is 1. The Bertz CT molecular complexity index is 725. The first kappa shape index (κ1) is 13.8. The van der Waals surface area contributed by atoms with Crippen molar-refractivity contribution < 1.29 is 9.59 Å². The van der Waals surface area contributed by atoms with E-state index in [1.807, 2.05) is 6.92 Å². The first-order chi connectivity index (χ1) is 9.97. The topological polar surface area (TPSA) is 90.0 Å². The van der Waals surface area contributed by atoms with Crippen LogP contribution < -0.4 is 11.1 Å². The van der Waals surface area contributed by atoms with Gasteiger partial charge in [-0.1, -0.05) is 0 Å². The number of hydrogen-bond acceptors (Lipinski definition) is 4. The van der Waals surface area contributed by atoms with E-state index in [1.165, 1.54) is 11.3 Å². The molecule has 1 aliphatic carbocycles. The number of aryl methyl sites for hydroxylation is 3. The number of carbonyl (C=O) groups excluding carboxylic acids is 2. The molecule has 2 amide bonds. The van der Waals surface area contributed by atoms with Gasteiger partial charge in [-0.2, -0.15) is 5.10 Å². The van der Waals surface area contributed by atoms with Crippen LogP contribution in [0.5, 0.6) is 0 Å². The van der Waals surface area contributed by atoms with Gasteiger partial charge in [-0.3, -0.25) is 14.3 Å². The Morgan fingerprint density at radius 2 is 2.19 bits per heavy atom. The van der Waals surface area contributed by atoms with Crippen molar-refractivity contribution in [3.8, 4) is 0 Å². The van der Waals surface area contributed by atoms with Gasteiger partial charge >= 0.3 is 0 Å². The Labute approximate surface area is 125 Å². The highest BCUT2D eigenvalue weighted by atomic mass is 32.1. The van der Waals surface area contributed by atoms with E-state index in [4.69, 9.17) is 5.73 Å². The highest BCUT2D eigenvalue weighted by Crippen LogP contribution is 2.38. The molecule has 0 aromatic carbocycles. The van der Waals surface area contributed by atoms with Crippen LogP contribution in [-0.4, -0.2) is 21.6 Å². The van der Waals surface area contributed by atoms with E-state index in [0.29, 0.717) is 16.3 Å². The molecule has 0 radical (unpaired) electrons. The zero-order valence-electron chi connectivity index (χ0n) is 11.9. The Balaban J connectivity index is 1.91. The SMILES string of the molecule is Cc1cc(C(=O)Nc2sc3c(c2C(N)=O)CCC3)nn1C. The van der Waals surface area contributed by atoms with Gasteiger partial charge < -0.3 is 11.1 Å². The molecule has 0 atom stereocenters. The second kappa shape index (κ2) is 5.00. The van der Waals surface area contributed by atoms with Gasteiger partial charge in [0.2, 0.25) is 0 Å². The van der Waals surface area contributed by atoms with E-state index in [2.05, 4.69) is 10.4 Å². The monoisotopic (exact) mass is 304 g/mol. The molecular formula is C14H16N4O2S. The summed E-state index contributed by atoms with van der Waals surface area (Å²) in [5, 5.41) is 7.46. The maximum Gasteiger partial charge on any atom is 0.276 e. The third-order valence-electron chi connectivity index (χ3n) is 3.74. The van der Waals surface area contributed by atoms with Gasteiger partial charge in [-0.05, 0) is 37.8 Å². The highest BCUT2D eigenvalue weighted by Gasteiger charge is 2.26. The van der Waals surface area contributed by atoms with Crippen LogP contribution in [0.15, 0.2) is 6.07 Å². The third kappa shape index (κ3) is 2.33. The molecule has 21 heavy (non-hydrogen) atoms. The molecule has 1 aliphatic rings. The van der Waals surface area contributed by atoms with E-state index in [0.717, 1.165) is 35.4 Å². The summed E-state index contributed by atoms with van der Waals surface area (Å²) in [6.07, 6.45) is 2.83. The molecule has 2 aromatic heterocycles. The molecule has 0 aliphatic heterocycles. The lowest BCUT2D eigenvalue weighted by atomic mass is 10.1. The van der Waals surface area contributed by atoms with E-state index in [-0.39, 0.29) is 5.91 Å². The normalized spacial score (nSPS) is 13.2. The van der Waals surface area contributed by atoms with E-state index in [9.17, 15) is 9.59 Å². The summed E-state index contributed by atoms with van der Waals surface area (Å²) >= 11 is 1.44. The van der Waals surface area contributed by atoms with Crippen LogP contribution in [0, 0.1) is 6.92 Å². The fraction of sp³-hybridized carbons (Fsp3) is 0.357. The van der Waals surface area contributed by atoms with Gasteiger partial charge in [0.05, 0.1) is 5.56 Å². The molecule has 0 fully saturated rings. The lowest BCUT2D eigenvalue weighted by Crippen LogP contribution is -2.18. The molecule has 2 aromatic rings. The number of anilines is 1. The summed E-state index contributed by atoms with van der Waals surface area (Å²) < 4.78 is 1.64. The highest BCUT2D eigenvalue weighted by molar-refractivity contribution is 7.17. The van der Waals surface area contributed by atoms with E-state index < -0.39 is 5.91 Å². The fourth-order valence-corrected chi connectivity index (χ4v) is 3.88. The second-order valence-corrected chi connectivity index (χ2v) is 6.28. The molecule has 6 nitrogen and oxygen atoms in total. The van der Waals surface area contributed by atoms with Gasteiger partial charge in [-0.15, -0.1) is 11.3 Å². The standard InChI is InChI=1S/C14H16N4O2S/c1-7-6-9(17-18(7)2)13(20)16-14-11(12(15)19)8-4-3-5-10(8)21-14/h6H,3-5H2,1-2H3,(H2,15,19)(H,16,20). The zero-order valence-corrected chi connectivity index (χ0v) is 12.7. The average Bonchev–Trinajstić information content (AvgIpc) is 3.04. The fourth-order valence-electron chi connectivity index (χ4n) is 2.59. The number of rotatable bonds is 3. The number of fused-ring (bicyclic) bond motifs is 1. The lowest BCUT2D eigenvalue weighted by Gasteiger charge is -2.04. The molecule has 2 heterocycles. The van der Waals surface area contributed by atoms with Crippen LogP contribution in [0.1, 0.15) is 43.4 Å². The van der Waals surface area contributed by atoms with Crippen molar-refractivity contribution in [2.24, 2.45) is 12.8 Å². The minimum atomic E-state index is -0.484. The number of primary amides is 1. The van der Waals surface area contributed by atoms with Crippen LogP contribution in [-0.2, 0) is 19.9 Å². The summed E-state index contributed by atoms with van der Waals surface area (Å²) in [6.45, 7) is 1.87. The van der Waals surface area contributed by atoms with Gasteiger partial charge in [0.15, 0.2) is 5.69 Å². The van der Waals surface area contributed by atoms with E-state index in [1.54, 1.807) is 17.8 Å². The van der Waals surface area contributed by atoms with Crippen LogP contribution in [0.3, 0.4) is 0 Å². The Hall–Kier alpha value is -2.15. The van der Waals surface area contributed by atoms with Crippen molar-refractivity contribution >= 4 is 28.2 Å². The number of amides is 2. The molecule has 110 valence electrons. The number of nitrogens with two attached hydrogens (primary N) is 1. The summed E-state index contributed by atoms with van der Waals surface area (Å²) in [4.78, 5) is 25.1. The second-order valence-electron chi connectivity index (χ2n) is 5.17. The minimum absolute atomic E-state index is 0.318. The molecule has 3 N–H and O–H groups in total. The zero-order chi connectivity index (χ0) is 15.1. The Morgan fingerprint density at radius 1 is 1.43 bits per heavy atom. The van der Waals surface area contributed by atoms with Gasteiger partial charge in [0.25, 0.3) is 11.8 Å². The maximum atomic E-state index is 12.2. The summed E-state index contributed by atoms with van der Waals surface area (Å²) in [5.74, 6) is -0.803. The van der Waals surface area contributed by atoms with Gasteiger partial charge in [0.1, 0.15) is 5.00 Å². The van der Waals surface area contributed by atoms with Gasteiger partial charge in [0, 0.05) is 17.6 Å². The largest absolute Gasteiger partial charge is 0.365 e. The first-order valence-corrected chi connectivity index (χ1v) is 7.55. The lowest BCUT2D eigenvalue weighted by molar-refractivity contribution is 0.100. The first-order valence-electron chi connectivity index (χ1n) is 6.73. The van der Waals surface area contributed by atoms with Crippen molar-refractivity contribution in [1.29, 1.82) is 0 Å². The minimum Gasteiger partial charge on any atom is -0.365 e. The van der Waals surface area contributed by atoms with E-state index >= 15 is 0 Å². The maximum absolute atomic E-state index is 12.2.